The van der Waals surface area contributed by atoms with E-state index in [0.29, 0.717) is 46.3 Å². The highest BCUT2D eigenvalue weighted by Crippen LogP contribution is 2.37. The van der Waals surface area contributed by atoms with Gasteiger partial charge in [-0.1, -0.05) is 6.92 Å². The van der Waals surface area contributed by atoms with Crippen LogP contribution in [-0.2, 0) is 0 Å². The smallest absolute Gasteiger partial charge is 0.261 e. The molecule has 0 unspecified atom stereocenters. The largest absolute Gasteiger partial charge is 0.488 e. The first kappa shape index (κ1) is 22.4. The number of halogens is 1. The van der Waals surface area contributed by atoms with E-state index in [1.54, 1.807) is 6.07 Å². The maximum atomic E-state index is 14.0. The zero-order chi connectivity index (χ0) is 22.7. The van der Waals surface area contributed by atoms with Crippen molar-refractivity contribution in [3.63, 3.8) is 0 Å². The molecule has 1 aromatic carbocycles. The molecule has 3 N–H and O–H groups in total. The Morgan fingerprint density at radius 1 is 1.28 bits per heavy atom. The number of aromatic nitrogens is 2. The molecule has 0 spiro atoms. The molecule has 0 radical (unpaired) electrons. The second-order valence-corrected chi connectivity index (χ2v) is 9.03. The molecule has 1 saturated carbocycles. The minimum absolute atomic E-state index is 0.0806. The third-order valence-electron chi connectivity index (χ3n) is 5.60. The van der Waals surface area contributed by atoms with Crippen LogP contribution < -0.4 is 15.4 Å². The molecule has 0 aliphatic heterocycles. The second-order valence-electron chi connectivity index (χ2n) is 8.03. The predicted octanol–water partition coefficient (Wildman–Crippen LogP) is 4.70. The number of carbonyl (C=O) groups excluding carboxylic acids is 1. The summed E-state index contributed by atoms with van der Waals surface area (Å²) < 4.78 is 20.1. The van der Waals surface area contributed by atoms with Crippen molar-refractivity contribution in [2.45, 2.75) is 58.2 Å². The molecule has 0 bridgehead atoms. The van der Waals surface area contributed by atoms with E-state index in [1.165, 1.54) is 29.8 Å². The van der Waals surface area contributed by atoms with Gasteiger partial charge in [-0.25, -0.2) is 14.4 Å². The van der Waals surface area contributed by atoms with Gasteiger partial charge in [-0.05, 0) is 56.7 Å². The first-order valence-electron chi connectivity index (χ1n) is 10.9. The monoisotopic (exact) mass is 458 g/mol. The Morgan fingerprint density at radius 3 is 2.81 bits per heavy atom. The van der Waals surface area contributed by atoms with Crippen molar-refractivity contribution >= 4 is 39.0 Å². The van der Waals surface area contributed by atoms with Crippen LogP contribution in [-0.4, -0.2) is 39.7 Å². The van der Waals surface area contributed by atoms with E-state index in [4.69, 9.17) is 4.74 Å². The Kier molecular flexibility index (Phi) is 6.86. The van der Waals surface area contributed by atoms with Crippen molar-refractivity contribution in [3.8, 4) is 5.75 Å². The quantitative estimate of drug-likeness (QED) is 0.475. The number of aliphatic hydroxyl groups is 1. The van der Waals surface area contributed by atoms with E-state index in [1.807, 2.05) is 13.8 Å². The second kappa shape index (κ2) is 9.79. The van der Waals surface area contributed by atoms with Gasteiger partial charge in [-0.3, -0.25) is 4.79 Å². The SMILES string of the molecule is CCCNC(=O)c1sc2ncnc(Nc3ccc(F)cc3OC3CCC(O)CC3)c2c1C. The third kappa shape index (κ3) is 4.83. The van der Waals surface area contributed by atoms with Crippen LogP contribution in [0.1, 0.15) is 54.3 Å². The Bertz CT molecular complexity index is 1110. The molecule has 3 aromatic rings. The van der Waals surface area contributed by atoms with Crippen LogP contribution in [0, 0.1) is 12.7 Å². The number of aliphatic hydroxyl groups excluding tert-OH is 1. The summed E-state index contributed by atoms with van der Waals surface area (Å²) in [6.07, 6.45) is 4.71. The Labute approximate surface area is 190 Å². The zero-order valence-electron chi connectivity index (χ0n) is 18.2. The molecule has 2 aromatic heterocycles. The molecule has 170 valence electrons. The van der Waals surface area contributed by atoms with Crippen LogP contribution >= 0.6 is 11.3 Å². The standard InChI is InChI=1S/C23H27FN4O3S/c1-3-10-25-22(30)20-13(2)19-21(26-12-27-23(19)32-20)28-17-9-4-14(24)11-18(17)31-16-7-5-15(29)6-8-16/h4,9,11-12,15-16,29H,3,5-8,10H2,1-2H3,(H,25,30)(H,26,27,28). The van der Waals surface area contributed by atoms with Crippen LogP contribution in [0.5, 0.6) is 5.75 Å². The summed E-state index contributed by atoms with van der Waals surface area (Å²) in [4.78, 5) is 22.6. The van der Waals surface area contributed by atoms with Crippen molar-refractivity contribution in [2.75, 3.05) is 11.9 Å². The summed E-state index contributed by atoms with van der Waals surface area (Å²) in [5.41, 5.74) is 1.38. The van der Waals surface area contributed by atoms with Crippen molar-refractivity contribution in [3.05, 3.63) is 40.8 Å². The topological polar surface area (TPSA) is 96.4 Å². The molecule has 1 amide bonds. The molecular formula is C23H27FN4O3S. The predicted molar refractivity (Wildman–Crippen MR) is 123 cm³/mol. The molecule has 4 rings (SSSR count). The van der Waals surface area contributed by atoms with Gasteiger partial charge in [0.25, 0.3) is 5.91 Å². The highest BCUT2D eigenvalue weighted by molar-refractivity contribution is 7.20. The van der Waals surface area contributed by atoms with E-state index in [-0.39, 0.29) is 18.1 Å². The van der Waals surface area contributed by atoms with Gasteiger partial charge >= 0.3 is 0 Å². The van der Waals surface area contributed by atoms with E-state index >= 15 is 0 Å². The van der Waals surface area contributed by atoms with E-state index in [2.05, 4.69) is 20.6 Å². The average molecular weight is 459 g/mol. The summed E-state index contributed by atoms with van der Waals surface area (Å²) in [5.74, 6) is 0.417. The van der Waals surface area contributed by atoms with Crippen molar-refractivity contribution in [1.29, 1.82) is 0 Å². The van der Waals surface area contributed by atoms with E-state index in [0.717, 1.165) is 30.2 Å². The highest BCUT2D eigenvalue weighted by atomic mass is 32.1. The number of hydrogen-bond acceptors (Lipinski definition) is 7. The van der Waals surface area contributed by atoms with Crippen LogP contribution in [0.2, 0.25) is 0 Å². The number of benzene rings is 1. The van der Waals surface area contributed by atoms with Crippen LogP contribution in [0.15, 0.2) is 24.5 Å². The maximum Gasteiger partial charge on any atom is 0.261 e. The van der Waals surface area contributed by atoms with E-state index in [9.17, 15) is 14.3 Å². The lowest BCUT2D eigenvalue weighted by molar-refractivity contribution is 0.0668. The van der Waals surface area contributed by atoms with Gasteiger partial charge in [0.05, 0.1) is 28.2 Å². The number of nitrogens with zero attached hydrogens (tertiary/aromatic N) is 2. The molecule has 9 heteroatoms. The minimum Gasteiger partial charge on any atom is -0.488 e. The van der Waals surface area contributed by atoms with Gasteiger partial charge in [0.1, 0.15) is 28.5 Å². The molecule has 0 saturated heterocycles. The zero-order valence-corrected chi connectivity index (χ0v) is 19.0. The fraction of sp³-hybridized carbons (Fsp3) is 0.435. The highest BCUT2D eigenvalue weighted by Gasteiger charge is 2.23. The number of anilines is 2. The first-order chi connectivity index (χ1) is 15.5. The number of rotatable bonds is 7. The Balaban J connectivity index is 1.63. The third-order valence-corrected chi connectivity index (χ3v) is 6.80. The molecule has 1 aliphatic rings. The van der Waals surface area contributed by atoms with Crippen LogP contribution in [0.3, 0.4) is 0 Å². The number of amides is 1. The average Bonchev–Trinajstić information content (AvgIpc) is 3.13. The minimum atomic E-state index is -0.393. The number of aryl methyl sites for hydroxylation is 1. The number of ether oxygens (including phenoxy) is 1. The van der Waals surface area contributed by atoms with Gasteiger partial charge in [0.2, 0.25) is 0 Å². The lowest BCUT2D eigenvalue weighted by atomic mass is 9.95. The van der Waals surface area contributed by atoms with Gasteiger partial charge in [-0.2, -0.15) is 0 Å². The Morgan fingerprint density at radius 2 is 2.06 bits per heavy atom. The maximum absolute atomic E-state index is 14.0. The normalized spacial score (nSPS) is 18.5. The summed E-state index contributed by atoms with van der Waals surface area (Å²) in [5, 5.41) is 16.7. The summed E-state index contributed by atoms with van der Waals surface area (Å²) >= 11 is 1.32. The van der Waals surface area contributed by atoms with Crippen LogP contribution in [0.25, 0.3) is 10.2 Å². The summed E-state index contributed by atoms with van der Waals surface area (Å²) in [6, 6.07) is 4.34. The fourth-order valence-corrected chi connectivity index (χ4v) is 4.93. The number of hydrogen-bond donors (Lipinski definition) is 3. The fourth-order valence-electron chi connectivity index (χ4n) is 3.87. The van der Waals surface area contributed by atoms with Crippen molar-refractivity contribution < 1.29 is 19.0 Å². The number of nitrogens with one attached hydrogen (secondary N) is 2. The van der Waals surface area contributed by atoms with Crippen molar-refractivity contribution in [2.24, 2.45) is 0 Å². The van der Waals surface area contributed by atoms with Gasteiger partial charge < -0.3 is 20.5 Å². The van der Waals surface area contributed by atoms with Gasteiger partial charge in [-0.15, -0.1) is 11.3 Å². The van der Waals surface area contributed by atoms with E-state index < -0.39 is 5.82 Å². The molecular weight excluding hydrogens is 431 g/mol. The lowest BCUT2D eigenvalue weighted by Gasteiger charge is -2.27. The van der Waals surface area contributed by atoms with Gasteiger partial charge in [0, 0.05) is 12.6 Å². The lowest BCUT2D eigenvalue weighted by Crippen LogP contribution is -2.26. The first-order valence-corrected chi connectivity index (χ1v) is 11.7. The summed E-state index contributed by atoms with van der Waals surface area (Å²) in [6.45, 7) is 4.49. The number of fused-ring (bicyclic) bond motifs is 1. The van der Waals surface area contributed by atoms with Crippen molar-refractivity contribution in [1.82, 2.24) is 15.3 Å². The molecule has 32 heavy (non-hydrogen) atoms. The molecule has 1 aliphatic carbocycles. The van der Waals surface area contributed by atoms with Gasteiger partial charge in [0.15, 0.2) is 0 Å². The molecule has 7 nitrogen and oxygen atoms in total. The Hall–Kier alpha value is -2.78. The number of carbonyl (C=O) groups is 1. The number of thiophene rings is 1. The molecule has 1 fully saturated rings. The molecule has 2 heterocycles. The molecule has 0 atom stereocenters. The summed E-state index contributed by atoms with van der Waals surface area (Å²) in [7, 11) is 0. The van der Waals surface area contributed by atoms with Crippen LogP contribution in [0.4, 0.5) is 15.9 Å².